The van der Waals surface area contributed by atoms with E-state index in [1.165, 1.54) is 5.56 Å². The van der Waals surface area contributed by atoms with Crippen molar-refractivity contribution in [2.45, 2.75) is 12.5 Å². The molecular formula is C8H11N3. The number of hydrogen-bond donors (Lipinski definition) is 2. The average Bonchev–Trinajstić information content (AvgIpc) is 2.04. The van der Waals surface area contributed by atoms with Gasteiger partial charge in [0.1, 0.15) is 5.82 Å². The fourth-order valence-corrected chi connectivity index (χ4v) is 1.34. The van der Waals surface area contributed by atoms with Gasteiger partial charge in [-0.15, -0.1) is 0 Å². The Kier molecular flexibility index (Phi) is 1.51. The summed E-state index contributed by atoms with van der Waals surface area (Å²) in [7, 11) is 0. The fraction of sp³-hybridized carbons (Fsp3) is 0.375. The molecule has 3 N–H and O–H groups in total. The Morgan fingerprint density at radius 2 is 2.55 bits per heavy atom. The third-order valence-electron chi connectivity index (χ3n) is 1.91. The quantitative estimate of drug-likeness (QED) is 0.560. The number of anilines is 1. The molecule has 0 saturated carbocycles. The van der Waals surface area contributed by atoms with Crippen molar-refractivity contribution in [2.75, 3.05) is 11.9 Å². The molecule has 0 spiro atoms. The molecule has 1 unspecified atom stereocenters. The minimum atomic E-state index is 0.242. The number of nitrogens with one attached hydrogen (secondary N) is 1. The zero-order valence-corrected chi connectivity index (χ0v) is 6.25. The second-order valence-electron chi connectivity index (χ2n) is 2.86. The van der Waals surface area contributed by atoms with Crippen LogP contribution >= 0.6 is 0 Å². The molecule has 0 saturated heterocycles. The Bertz CT molecular complexity index is 259. The smallest absolute Gasteiger partial charge is 0.129 e. The summed E-state index contributed by atoms with van der Waals surface area (Å²) in [6.45, 7) is 0.837. The maximum Gasteiger partial charge on any atom is 0.129 e. The van der Waals surface area contributed by atoms with E-state index in [1.807, 2.05) is 6.07 Å². The predicted molar refractivity (Wildman–Crippen MR) is 44.4 cm³/mol. The van der Waals surface area contributed by atoms with Gasteiger partial charge in [-0.05, 0) is 18.1 Å². The first kappa shape index (κ1) is 6.61. The average molecular weight is 149 g/mol. The Hall–Kier alpha value is -1.09. The van der Waals surface area contributed by atoms with Crippen LogP contribution in [0.5, 0.6) is 0 Å². The maximum absolute atomic E-state index is 5.76. The molecule has 3 nitrogen and oxygen atoms in total. The Balaban J connectivity index is 2.34. The van der Waals surface area contributed by atoms with Crippen LogP contribution in [-0.2, 0) is 6.42 Å². The van der Waals surface area contributed by atoms with Crippen LogP contribution < -0.4 is 11.1 Å². The second kappa shape index (κ2) is 2.51. The summed E-state index contributed by atoms with van der Waals surface area (Å²) < 4.78 is 0. The monoisotopic (exact) mass is 149 g/mol. The molecule has 1 atom stereocenters. The van der Waals surface area contributed by atoms with Gasteiger partial charge in [0.15, 0.2) is 0 Å². The number of nitrogens with zero attached hydrogens (tertiary/aromatic N) is 1. The summed E-state index contributed by atoms with van der Waals surface area (Å²) in [5.41, 5.74) is 6.99. The van der Waals surface area contributed by atoms with Crippen LogP contribution in [0.3, 0.4) is 0 Å². The molecule has 1 aliphatic heterocycles. The summed E-state index contributed by atoms with van der Waals surface area (Å²) in [6.07, 6.45) is 2.73. The van der Waals surface area contributed by atoms with Gasteiger partial charge in [-0.2, -0.15) is 0 Å². The molecule has 2 heterocycles. The van der Waals surface area contributed by atoms with Crippen LogP contribution in [0.25, 0.3) is 0 Å². The van der Waals surface area contributed by atoms with E-state index in [0.29, 0.717) is 0 Å². The third-order valence-corrected chi connectivity index (χ3v) is 1.91. The van der Waals surface area contributed by atoms with Gasteiger partial charge in [-0.1, -0.05) is 6.07 Å². The zero-order valence-electron chi connectivity index (χ0n) is 6.25. The standard InChI is InChI=1S/C8H11N3/c9-7-4-6-2-1-3-10-8(6)11-5-7/h1-3,7H,4-5,9H2,(H,10,11). The first-order valence-electron chi connectivity index (χ1n) is 3.79. The second-order valence-corrected chi connectivity index (χ2v) is 2.86. The van der Waals surface area contributed by atoms with Gasteiger partial charge < -0.3 is 11.1 Å². The third kappa shape index (κ3) is 1.19. The van der Waals surface area contributed by atoms with Crippen molar-refractivity contribution in [3.05, 3.63) is 23.9 Å². The maximum atomic E-state index is 5.76. The van der Waals surface area contributed by atoms with Crippen molar-refractivity contribution in [3.63, 3.8) is 0 Å². The van der Waals surface area contributed by atoms with Crippen LogP contribution in [0.15, 0.2) is 18.3 Å². The lowest BCUT2D eigenvalue weighted by atomic mass is 10.0. The highest BCUT2D eigenvalue weighted by molar-refractivity contribution is 5.46. The first-order chi connectivity index (χ1) is 5.36. The van der Waals surface area contributed by atoms with E-state index < -0.39 is 0 Å². The molecule has 0 amide bonds. The molecule has 0 bridgehead atoms. The van der Waals surface area contributed by atoms with E-state index in [0.717, 1.165) is 18.8 Å². The van der Waals surface area contributed by atoms with Gasteiger partial charge in [0.05, 0.1) is 0 Å². The van der Waals surface area contributed by atoms with Crippen LogP contribution in [-0.4, -0.2) is 17.6 Å². The topological polar surface area (TPSA) is 50.9 Å². The lowest BCUT2D eigenvalue weighted by Gasteiger charge is -2.21. The van der Waals surface area contributed by atoms with E-state index in [9.17, 15) is 0 Å². The van der Waals surface area contributed by atoms with Gasteiger partial charge in [-0.25, -0.2) is 4.98 Å². The normalized spacial score (nSPS) is 22.1. The van der Waals surface area contributed by atoms with Crippen molar-refractivity contribution < 1.29 is 0 Å². The van der Waals surface area contributed by atoms with Crippen LogP contribution in [0.1, 0.15) is 5.56 Å². The highest BCUT2D eigenvalue weighted by atomic mass is 15.0. The predicted octanol–water partition coefficient (Wildman–Crippen LogP) is 0.377. The SMILES string of the molecule is NC1CNc2ncccc2C1. The molecular weight excluding hydrogens is 138 g/mol. The van der Waals surface area contributed by atoms with Crippen LogP contribution in [0.2, 0.25) is 0 Å². The van der Waals surface area contributed by atoms with Gasteiger partial charge in [0.25, 0.3) is 0 Å². The molecule has 0 aromatic carbocycles. The molecule has 58 valence electrons. The Morgan fingerprint density at radius 1 is 1.64 bits per heavy atom. The largest absolute Gasteiger partial charge is 0.368 e. The number of fused-ring (bicyclic) bond motifs is 1. The lowest BCUT2D eigenvalue weighted by molar-refractivity contribution is 0.674. The highest BCUT2D eigenvalue weighted by Gasteiger charge is 2.13. The minimum Gasteiger partial charge on any atom is -0.368 e. The Morgan fingerprint density at radius 3 is 3.45 bits per heavy atom. The number of nitrogens with two attached hydrogens (primary N) is 1. The van der Waals surface area contributed by atoms with Crippen LogP contribution in [0.4, 0.5) is 5.82 Å². The first-order valence-corrected chi connectivity index (χ1v) is 3.79. The molecule has 1 aromatic heterocycles. The summed E-state index contributed by atoms with van der Waals surface area (Å²) in [5.74, 6) is 0.995. The fourth-order valence-electron chi connectivity index (χ4n) is 1.34. The molecule has 1 aromatic rings. The zero-order chi connectivity index (χ0) is 7.68. The minimum absolute atomic E-state index is 0.242. The van der Waals surface area contributed by atoms with Gasteiger partial charge in [0.2, 0.25) is 0 Å². The van der Waals surface area contributed by atoms with E-state index >= 15 is 0 Å². The number of pyridine rings is 1. The number of aromatic nitrogens is 1. The summed E-state index contributed by atoms with van der Waals surface area (Å²) in [5, 5.41) is 3.18. The van der Waals surface area contributed by atoms with Crippen LogP contribution in [0, 0.1) is 0 Å². The number of hydrogen-bond acceptors (Lipinski definition) is 3. The summed E-state index contributed by atoms with van der Waals surface area (Å²) in [6, 6.07) is 4.25. The molecule has 0 aliphatic carbocycles. The molecule has 0 radical (unpaired) electrons. The van der Waals surface area contributed by atoms with E-state index in [1.54, 1.807) is 6.20 Å². The van der Waals surface area contributed by atoms with E-state index in [2.05, 4.69) is 16.4 Å². The van der Waals surface area contributed by atoms with Crippen molar-refractivity contribution in [1.29, 1.82) is 0 Å². The van der Waals surface area contributed by atoms with E-state index in [-0.39, 0.29) is 6.04 Å². The van der Waals surface area contributed by atoms with Gasteiger partial charge >= 0.3 is 0 Å². The van der Waals surface area contributed by atoms with Gasteiger partial charge in [0, 0.05) is 18.8 Å². The summed E-state index contributed by atoms with van der Waals surface area (Å²) >= 11 is 0. The molecule has 3 heteroatoms. The van der Waals surface area contributed by atoms with Crippen molar-refractivity contribution in [2.24, 2.45) is 5.73 Å². The van der Waals surface area contributed by atoms with Gasteiger partial charge in [-0.3, -0.25) is 0 Å². The molecule has 11 heavy (non-hydrogen) atoms. The van der Waals surface area contributed by atoms with Crippen molar-refractivity contribution >= 4 is 5.82 Å². The van der Waals surface area contributed by atoms with Crippen molar-refractivity contribution in [3.8, 4) is 0 Å². The molecule has 0 fully saturated rings. The Labute approximate surface area is 65.6 Å². The summed E-state index contributed by atoms with van der Waals surface area (Å²) in [4.78, 5) is 4.19. The number of rotatable bonds is 0. The van der Waals surface area contributed by atoms with Crippen molar-refractivity contribution in [1.82, 2.24) is 4.98 Å². The van der Waals surface area contributed by atoms with E-state index in [4.69, 9.17) is 5.73 Å². The molecule has 1 aliphatic rings. The highest BCUT2D eigenvalue weighted by Crippen LogP contribution is 2.16. The lowest BCUT2D eigenvalue weighted by Crippen LogP contribution is -2.35. The molecule has 2 rings (SSSR count).